The first-order valence-corrected chi connectivity index (χ1v) is 14.0. The first-order chi connectivity index (χ1) is 18.4. The molecule has 2 aromatic heterocycles. The third-order valence-electron chi connectivity index (χ3n) is 5.84. The Bertz CT molecular complexity index is 1370. The molecule has 2 saturated heterocycles. The minimum atomic E-state index is -1.42. The average Bonchev–Trinajstić information content (AvgIpc) is 3.31. The predicted molar refractivity (Wildman–Crippen MR) is 138 cm³/mol. The molecule has 208 valence electrons. The average molecular weight is 598 g/mol. The number of anilines is 2. The van der Waals surface area contributed by atoms with E-state index >= 15 is 0 Å². The molecule has 0 aliphatic carbocycles. The fourth-order valence-corrected chi connectivity index (χ4v) is 7.04. The van der Waals surface area contributed by atoms with Crippen LogP contribution in [0.3, 0.4) is 0 Å². The van der Waals surface area contributed by atoms with Gasteiger partial charge in [-0.15, -0.1) is 27.8 Å². The van der Waals surface area contributed by atoms with Gasteiger partial charge in [0, 0.05) is 28.8 Å². The Morgan fingerprint density at radius 3 is 2.79 bits per heavy atom. The normalized spacial score (nSPS) is 22.5. The molecular weight excluding hydrogens is 574 g/mol. The first kappa shape index (κ1) is 28.2. The van der Waals surface area contributed by atoms with Crippen LogP contribution in [0.5, 0.6) is 0 Å². The SMILES string of the molecule is Cc1c[n+](N)c(SCC2(C(=O)[O-])CS[C@@H]3C(NC(=O)C(=NOCC(=O)O)c4csc(N)n4)C(=O)N3C2)nc1N. The minimum Gasteiger partial charge on any atom is -0.549 e. The second-order valence-electron chi connectivity index (χ2n) is 8.65. The molecule has 0 spiro atoms. The maximum absolute atomic E-state index is 13.0. The lowest BCUT2D eigenvalue weighted by Crippen LogP contribution is -2.75. The number of nitrogens with two attached hydrogens (primary N) is 3. The topological polar surface area (TPSA) is 256 Å². The number of nitrogen functional groups attached to an aromatic ring is 3. The number of fused-ring (bicyclic) bond motifs is 1. The van der Waals surface area contributed by atoms with Crippen molar-refractivity contribution in [2.75, 3.05) is 42.0 Å². The van der Waals surface area contributed by atoms with E-state index in [0.717, 1.165) is 23.1 Å². The van der Waals surface area contributed by atoms with Gasteiger partial charge in [0.25, 0.3) is 5.91 Å². The Morgan fingerprint density at radius 2 is 2.15 bits per heavy atom. The zero-order valence-corrected chi connectivity index (χ0v) is 22.7. The molecule has 2 amide bonds. The van der Waals surface area contributed by atoms with E-state index in [2.05, 4.69) is 20.4 Å². The number of amides is 2. The van der Waals surface area contributed by atoms with Gasteiger partial charge in [0.1, 0.15) is 23.3 Å². The van der Waals surface area contributed by atoms with Crippen molar-refractivity contribution in [1.82, 2.24) is 20.2 Å². The third-order valence-corrected chi connectivity index (χ3v) is 9.36. The number of hydrogen-bond donors (Lipinski definition) is 5. The van der Waals surface area contributed by atoms with Crippen LogP contribution in [0, 0.1) is 12.3 Å². The molecule has 2 aliphatic rings. The van der Waals surface area contributed by atoms with Crippen molar-refractivity contribution >= 4 is 75.3 Å². The number of oxime groups is 1. The molecule has 4 heterocycles. The number of carbonyl (C=O) groups excluding carboxylic acids is 3. The van der Waals surface area contributed by atoms with Crippen molar-refractivity contribution < 1.29 is 38.9 Å². The van der Waals surface area contributed by atoms with E-state index in [4.69, 9.17) is 27.3 Å². The number of carboxylic acid groups (broad SMARTS) is 2. The van der Waals surface area contributed by atoms with Crippen molar-refractivity contribution in [1.29, 1.82) is 0 Å². The van der Waals surface area contributed by atoms with E-state index in [1.54, 1.807) is 13.1 Å². The summed E-state index contributed by atoms with van der Waals surface area (Å²) in [7, 11) is 0. The van der Waals surface area contributed by atoms with Gasteiger partial charge in [-0.1, -0.05) is 5.16 Å². The number of β-lactam (4-membered cyclic amide) rings is 1. The molecular formula is C20H23N9O7S3. The predicted octanol–water partition coefficient (Wildman–Crippen LogP) is -3.25. The lowest BCUT2D eigenvalue weighted by atomic mass is 9.89. The van der Waals surface area contributed by atoms with Crippen molar-refractivity contribution in [3.05, 3.63) is 22.8 Å². The lowest BCUT2D eigenvalue weighted by molar-refractivity contribution is -0.682. The molecule has 0 bridgehead atoms. The van der Waals surface area contributed by atoms with Crippen LogP contribution in [0.25, 0.3) is 0 Å². The molecule has 2 aromatic rings. The standard InChI is InChI=1S/C20H23N9O7S3/c1-8-2-29(23)19(26-13(8)21)39-7-20(17(34)35)5-28-15(33)12(16(28)38-6-20)25-14(32)11(27-36-3-10(30)31)9-4-37-18(22)24-9/h2,4,12,16,21H,3,5-7,23H2,1H3,(H5,22,24,25,30,31,32,34,35)/t12?,16-,20?/m1/s1. The van der Waals surface area contributed by atoms with Gasteiger partial charge in [0.2, 0.25) is 18.3 Å². The summed E-state index contributed by atoms with van der Waals surface area (Å²) in [5, 5.41) is 28.4. The van der Waals surface area contributed by atoms with Crippen LogP contribution in [0.15, 0.2) is 21.9 Å². The lowest BCUT2D eigenvalue weighted by Gasteiger charge is -2.55. The number of nitrogens with zero attached hydrogens (tertiary/aromatic N) is 5. The summed E-state index contributed by atoms with van der Waals surface area (Å²) in [6.07, 6.45) is 1.57. The van der Waals surface area contributed by atoms with Crippen LogP contribution in [0.2, 0.25) is 0 Å². The summed E-state index contributed by atoms with van der Waals surface area (Å²) in [6, 6.07) is -0.986. The molecule has 0 radical (unpaired) electrons. The van der Waals surface area contributed by atoms with Gasteiger partial charge >= 0.3 is 11.1 Å². The van der Waals surface area contributed by atoms with Crippen LogP contribution in [0.4, 0.5) is 10.9 Å². The van der Waals surface area contributed by atoms with Gasteiger partial charge in [-0.3, -0.25) is 15.4 Å². The molecule has 19 heteroatoms. The Kier molecular flexibility index (Phi) is 8.02. The minimum absolute atomic E-state index is 0.00549. The number of aryl methyl sites for hydroxylation is 1. The number of thioether (sulfide) groups is 2. The van der Waals surface area contributed by atoms with Gasteiger partial charge in [-0.05, 0) is 23.7 Å². The van der Waals surface area contributed by atoms with E-state index < -0.39 is 47.2 Å². The molecule has 0 aromatic carbocycles. The number of aliphatic carboxylic acids is 2. The van der Waals surface area contributed by atoms with Crippen molar-refractivity contribution in [3.63, 3.8) is 0 Å². The summed E-state index contributed by atoms with van der Waals surface area (Å²) in [4.78, 5) is 63.1. The van der Waals surface area contributed by atoms with Gasteiger partial charge in [0.05, 0.1) is 11.5 Å². The highest BCUT2D eigenvalue weighted by Gasteiger charge is 2.56. The monoisotopic (exact) mass is 597 g/mol. The van der Waals surface area contributed by atoms with E-state index in [9.17, 15) is 24.3 Å². The molecule has 2 aliphatic heterocycles. The molecule has 4 rings (SSSR count). The van der Waals surface area contributed by atoms with Crippen molar-refractivity contribution in [3.8, 4) is 0 Å². The maximum atomic E-state index is 13.0. The summed E-state index contributed by atoms with van der Waals surface area (Å²) in [5.74, 6) is 2.28. The molecule has 2 unspecified atom stereocenters. The number of aromatic nitrogens is 3. The van der Waals surface area contributed by atoms with E-state index in [-0.39, 0.29) is 40.4 Å². The molecule has 2 fully saturated rings. The zero-order valence-electron chi connectivity index (χ0n) is 20.2. The Balaban J connectivity index is 1.44. The van der Waals surface area contributed by atoms with Crippen LogP contribution < -0.4 is 32.4 Å². The number of carbonyl (C=O) groups is 4. The third kappa shape index (κ3) is 5.78. The first-order valence-electron chi connectivity index (χ1n) is 11.1. The molecule has 16 nitrogen and oxygen atoms in total. The molecule has 8 N–H and O–H groups in total. The number of rotatable bonds is 10. The highest BCUT2D eigenvalue weighted by atomic mass is 32.2. The summed E-state index contributed by atoms with van der Waals surface area (Å²) >= 11 is 3.27. The van der Waals surface area contributed by atoms with Gasteiger partial charge in [0.15, 0.2) is 10.8 Å². The number of thiazole rings is 1. The fourth-order valence-electron chi connectivity index (χ4n) is 3.75. The van der Waals surface area contributed by atoms with E-state index in [1.165, 1.54) is 26.7 Å². The van der Waals surface area contributed by atoms with Crippen LogP contribution in [0.1, 0.15) is 11.3 Å². The van der Waals surface area contributed by atoms with Gasteiger partial charge in [-0.2, -0.15) is 0 Å². The maximum Gasteiger partial charge on any atom is 0.384 e. The quantitative estimate of drug-likeness (QED) is 0.0343. The summed E-state index contributed by atoms with van der Waals surface area (Å²) < 4.78 is 1.24. The number of nitrogens with one attached hydrogen (secondary N) is 1. The smallest absolute Gasteiger partial charge is 0.384 e. The fraction of sp³-hybridized carbons (Fsp3) is 0.400. The summed E-state index contributed by atoms with van der Waals surface area (Å²) in [6.45, 7) is 0.779. The number of carboxylic acids is 2. The van der Waals surface area contributed by atoms with Crippen LogP contribution in [-0.4, -0.2) is 85.5 Å². The second-order valence-corrected chi connectivity index (χ2v) is 11.6. The van der Waals surface area contributed by atoms with Crippen LogP contribution >= 0.6 is 34.9 Å². The zero-order chi connectivity index (χ0) is 28.5. The highest BCUT2D eigenvalue weighted by Crippen LogP contribution is 2.43. The van der Waals surface area contributed by atoms with E-state index in [1.807, 2.05) is 0 Å². The van der Waals surface area contributed by atoms with E-state index in [0.29, 0.717) is 10.7 Å². The van der Waals surface area contributed by atoms with Gasteiger partial charge in [-0.25, -0.2) is 9.78 Å². The van der Waals surface area contributed by atoms with Crippen LogP contribution in [-0.2, 0) is 24.0 Å². The highest BCUT2D eigenvalue weighted by molar-refractivity contribution is 8.00. The largest absolute Gasteiger partial charge is 0.549 e. The molecule has 3 atom stereocenters. The van der Waals surface area contributed by atoms with Crippen molar-refractivity contribution in [2.24, 2.45) is 10.6 Å². The second kappa shape index (κ2) is 11.1. The Hall–Kier alpha value is -3.84. The Labute approximate surface area is 232 Å². The molecule has 0 saturated carbocycles. The number of hydrogen-bond acceptors (Lipinski definition) is 15. The van der Waals surface area contributed by atoms with Gasteiger partial charge < -0.3 is 41.5 Å². The Morgan fingerprint density at radius 1 is 1.41 bits per heavy atom. The summed E-state index contributed by atoms with van der Waals surface area (Å²) in [5.41, 5.74) is 10.4. The van der Waals surface area contributed by atoms with Crippen molar-refractivity contribution in [2.45, 2.75) is 23.5 Å². The molecule has 39 heavy (non-hydrogen) atoms.